The molecule has 1 aliphatic heterocycles. The molecule has 1 fully saturated rings. The second-order valence-corrected chi connectivity index (χ2v) is 8.78. The minimum Gasteiger partial charge on any atom is -0.343 e. The molecule has 1 heterocycles. The van der Waals surface area contributed by atoms with Crippen molar-refractivity contribution in [3.05, 3.63) is 29.8 Å². The van der Waals surface area contributed by atoms with Gasteiger partial charge in [0.05, 0.1) is 4.90 Å². The fraction of sp³-hybridized carbons (Fsp3) is 0.588. The SMILES string of the molecule is CC(C)(C)c1ccc(S(=O)(=O)NCCCN2CCCC2=O)cc1. The normalized spacial score (nSPS) is 16.1. The molecule has 0 unspecified atom stereocenters. The van der Waals surface area contributed by atoms with Gasteiger partial charge in [0.1, 0.15) is 0 Å². The smallest absolute Gasteiger partial charge is 0.240 e. The van der Waals surface area contributed by atoms with E-state index < -0.39 is 10.0 Å². The van der Waals surface area contributed by atoms with E-state index in [4.69, 9.17) is 0 Å². The average Bonchev–Trinajstić information content (AvgIpc) is 2.88. The number of hydrogen-bond acceptors (Lipinski definition) is 3. The number of nitrogens with zero attached hydrogens (tertiary/aromatic N) is 1. The lowest BCUT2D eigenvalue weighted by atomic mass is 9.87. The van der Waals surface area contributed by atoms with Crippen molar-refractivity contribution in [2.75, 3.05) is 19.6 Å². The van der Waals surface area contributed by atoms with Crippen LogP contribution in [0.4, 0.5) is 0 Å². The lowest BCUT2D eigenvalue weighted by Crippen LogP contribution is -2.30. The Morgan fingerprint density at radius 2 is 1.83 bits per heavy atom. The molecular formula is C17H26N2O3S. The van der Waals surface area contributed by atoms with E-state index in [-0.39, 0.29) is 16.2 Å². The Kier molecular flexibility index (Phi) is 5.47. The Balaban J connectivity index is 1.87. The van der Waals surface area contributed by atoms with Crippen molar-refractivity contribution in [3.8, 4) is 0 Å². The average molecular weight is 338 g/mol. The van der Waals surface area contributed by atoms with E-state index in [0.717, 1.165) is 18.5 Å². The quantitative estimate of drug-likeness (QED) is 0.809. The van der Waals surface area contributed by atoms with Crippen molar-refractivity contribution in [2.45, 2.75) is 50.3 Å². The number of carbonyl (C=O) groups excluding carboxylic acids is 1. The monoisotopic (exact) mass is 338 g/mol. The summed E-state index contributed by atoms with van der Waals surface area (Å²) in [5.74, 6) is 0.172. The van der Waals surface area contributed by atoms with Crippen LogP contribution >= 0.6 is 0 Å². The summed E-state index contributed by atoms with van der Waals surface area (Å²) < 4.78 is 27.1. The first-order valence-electron chi connectivity index (χ1n) is 8.08. The zero-order valence-corrected chi connectivity index (χ0v) is 14.9. The molecule has 2 rings (SSSR count). The van der Waals surface area contributed by atoms with E-state index in [1.54, 1.807) is 17.0 Å². The third-order valence-corrected chi connectivity index (χ3v) is 5.58. The molecule has 1 aromatic rings. The van der Waals surface area contributed by atoms with E-state index >= 15 is 0 Å². The fourth-order valence-corrected chi connectivity index (χ4v) is 3.71. The zero-order chi connectivity index (χ0) is 17.1. The molecule has 0 aliphatic carbocycles. The second kappa shape index (κ2) is 7.01. The number of rotatable bonds is 6. The number of hydrogen-bond donors (Lipinski definition) is 1. The number of carbonyl (C=O) groups is 1. The van der Waals surface area contributed by atoms with E-state index in [0.29, 0.717) is 25.9 Å². The number of sulfonamides is 1. The zero-order valence-electron chi connectivity index (χ0n) is 14.1. The summed E-state index contributed by atoms with van der Waals surface area (Å²) in [7, 11) is -3.49. The van der Waals surface area contributed by atoms with Crippen molar-refractivity contribution < 1.29 is 13.2 Å². The van der Waals surface area contributed by atoms with Crippen LogP contribution in [0.1, 0.15) is 45.6 Å². The van der Waals surface area contributed by atoms with Gasteiger partial charge in [-0.2, -0.15) is 0 Å². The Hall–Kier alpha value is -1.40. The second-order valence-electron chi connectivity index (χ2n) is 7.01. The highest BCUT2D eigenvalue weighted by Gasteiger charge is 2.20. The van der Waals surface area contributed by atoms with Crippen LogP contribution in [-0.4, -0.2) is 38.9 Å². The Morgan fingerprint density at radius 1 is 1.17 bits per heavy atom. The van der Waals surface area contributed by atoms with E-state index in [1.165, 1.54) is 0 Å². The largest absolute Gasteiger partial charge is 0.343 e. The first-order chi connectivity index (χ1) is 10.7. The van der Waals surface area contributed by atoms with Crippen molar-refractivity contribution in [1.29, 1.82) is 0 Å². The van der Waals surface area contributed by atoms with Crippen LogP contribution in [0.3, 0.4) is 0 Å². The molecule has 0 radical (unpaired) electrons. The minimum absolute atomic E-state index is 0.00200. The molecule has 1 aromatic carbocycles. The molecule has 128 valence electrons. The third kappa shape index (κ3) is 4.78. The predicted octanol–water partition coefficient (Wildman–Crippen LogP) is 2.27. The minimum atomic E-state index is -3.49. The number of amides is 1. The van der Waals surface area contributed by atoms with Gasteiger partial charge in [-0.3, -0.25) is 4.79 Å². The van der Waals surface area contributed by atoms with E-state index in [2.05, 4.69) is 25.5 Å². The predicted molar refractivity (Wildman–Crippen MR) is 90.8 cm³/mol. The highest BCUT2D eigenvalue weighted by atomic mass is 32.2. The third-order valence-electron chi connectivity index (χ3n) is 4.10. The van der Waals surface area contributed by atoms with Gasteiger partial charge in [0.15, 0.2) is 0 Å². The molecule has 0 spiro atoms. The molecule has 0 saturated carbocycles. The summed E-state index contributed by atoms with van der Waals surface area (Å²) in [6, 6.07) is 7.01. The van der Waals surface area contributed by atoms with E-state index in [9.17, 15) is 13.2 Å². The van der Waals surface area contributed by atoms with Crippen LogP contribution in [0.25, 0.3) is 0 Å². The molecule has 1 aliphatic rings. The van der Waals surface area contributed by atoms with Crippen molar-refractivity contribution in [3.63, 3.8) is 0 Å². The number of likely N-dealkylation sites (tertiary alicyclic amines) is 1. The van der Waals surface area contributed by atoms with Crippen molar-refractivity contribution in [1.82, 2.24) is 9.62 Å². The maximum absolute atomic E-state index is 12.3. The van der Waals surface area contributed by atoms with Gasteiger partial charge in [-0.05, 0) is 36.0 Å². The maximum atomic E-state index is 12.3. The van der Waals surface area contributed by atoms with Crippen molar-refractivity contribution in [2.24, 2.45) is 0 Å². The van der Waals surface area contributed by atoms with E-state index in [1.807, 2.05) is 12.1 Å². The van der Waals surface area contributed by atoms with Gasteiger partial charge in [0.2, 0.25) is 15.9 Å². The van der Waals surface area contributed by atoms with Crippen LogP contribution in [-0.2, 0) is 20.2 Å². The molecule has 1 N–H and O–H groups in total. The van der Waals surface area contributed by atoms with Crippen LogP contribution in [0.5, 0.6) is 0 Å². The van der Waals surface area contributed by atoms with Gasteiger partial charge in [-0.1, -0.05) is 32.9 Å². The Bertz CT molecular complexity index is 645. The molecule has 0 bridgehead atoms. The maximum Gasteiger partial charge on any atom is 0.240 e. The molecule has 23 heavy (non-hydrogen) atoms. The van der Waals surface area contributed by atoms with Gasteiger partial charge in [0.25, 0.3) is 0 Å². The molecule has 5 nitrogen and oxygen atoms in total. The van der Waals surface area contributed by atoms with Gasteiger partial charge in [-0.25, -0.2) is 13.1 Å². The topological polar surface area (TPSA) is 66.5 Å². The Morgan fingerprint density at radius 3 is 2.35 bits per heavy atom. The summed E-state index contributed by atoms with van der Waals surface area (Å²) >= 11 is 0. The molecule has 6 heteroatoms. The van der Waals surface area contributed by atoms with Gasteiger partial charge >= 0.3 is 0 Å². The molecule has 1 amide bonds. The van der Waals surface area contributed by atoms with Crippen LogP contribution in [0.2, 0.25) is 0 Å². The number of nitrogens with one attached hydrogen (secondary N) is 1. The molecule has 0 aromatic heterocycles. The summed E-state index contributed by atoms with van der Waals surface area (Å²) in [6.07, 6.45) is 2.15. The summed E-state index contributed by atoms with van der Waals surface area (Å²) in [4.78, 5) is 13.6. The van der Waals surface area contributed by atoms with Crippen LogP contribution < -0.4 is 4.72 Å². The number of benzene rings is 1. The fourth-order valence-electron chi connectivity index (χ4n) is 2.63. The summed E-state index contributed by atoms with van der Waals surface area (Å²) in [6.45, 7) is 8.02. The molecule has 1 saturated heterocycles. The lowest BCUT2D eigenvalue weighted by molar-refractivity contribution is -0.127. The highest BCUT2D eigenvalue weighted by molar-refractivity contribution is 7.89. The standard InChI is InChI=1S/C17H26N2O3S/c1-17(2,3)14-7-9-15(10-8-14)23(21,22)18-11-5-13-19-12-4-6-16(19)20/h7-10,18H,4-6,11-13H2,1-3H3. The highest BCUT2D eigenvalue weighted by Crippen LogP contribution is 2.23. The lowest BCUT2D eigenvalue weighted by Gasteiger charge is -2.19. The van der Waals surface area contributed by atoms with Gasteiger partial charge < -0.3 is 4.90 Å². The first-order valence-corrected chi connectivity index (χ1v) is 9.56. The summed E-state index contributed by atoms with van der Waals surface area (Å²) in [5.41, 5.74) is 1.10. The van der Waals surface area contributed by atoms with Gasteiger partial charge in [-0.15, -0.1) is 0 Å². The van der Waals surface area contributed by atoms with Crippen LogP contribution in [0.15, 0.2) is 29.2 Å². The molecule has 0 atom stereocenters. The molecular weight excluding hydrogens is 312 g/mol. The first kappa shape index (κ1) is 17.9. The summed E-state index contributed by atoms with van der Waals surface area (Å²) in [5, 5.41) is 0. The van der Waals surface area contributed by atoms with Gasteiger partial charge in [0, 0.05) is 26.1 Å². The van der Waals surface area contributed by atoms with Crippen molar-refractivity contribution >= 4 is 15.9 Å². The van der Waals surface area contributed by atoms with Crippen LogP contribution in [0, 0.1) is 0 Å². The Labute approximate surface area is 139 Å².